The maximum absolute atomic E-state index is 8.52. The number of nitrogens with two attached hydrogens (primary N) is 2. The van der Waals surface area contributed by atoms with E-state index in [4.69, 9.17) is 21.5 Å². The minimum Gasteiger partial charge on any atom is -0.481 e. The maximum Gasteiger partial charge on any atom is 0.219 e. The molecule has 0 saturated carbocycles. The zero-order valence-corrected chi connectivity index (χ0v) is 7.90. The fourth-order valence-corrected chi connectivity index (χ4v) is 1.20. The highest BCUT2D eigenvalue weighted by atomic mass is 16.5. The van der Waals surface area contributed by atoms with Gasteiger partial charge in [0.2, 0.25) is 5.88 Å². The number of nitrogens with zero attached hydrogens (tertiary/aromatic N) is 2. The summed E-state index contributed by atoms with van der Waals surface area (Å²) in [6.07, 6.45) is 1.73. The Kier molecular flexibility index (Phi) is 3.26. The summed E-state index contributed by atoms with van der Waals surface area (Å²) < 4.78 is 5.01. The molecule has 74 valence electrons. The third-order valence-electron chi connectivity index (χ3n) is 1.86. The van der Waals surface area contributed by atoms with Crippen molar-refractivity contribution in [2.24, 2.45) is 5.73 Å². The molecule has 1 heterocycles. The summed E-state index contributed by atoms with van der Waals surface area (Å²) in [4.78, 5) is 3.97. The first kappa shape index (κ1) is 10.3. The van der Waals surface area contributed by atoms with Crippen LogP contribution in [-0.2, 0) is 0 Å². The normalized spacial score (nSPS) is 11.8. The summed E-state index contributed by atoms with van der Waals surface area (Å²) in [5.41, 5.74) is 12.6. The molecule has 5 heteroatoms. The van der Waals surface area contributed by atoms with Gasteiger partial charge in [0.15, 0.2) is 0 Å². The molecule has 1 atom stereocenters. The van der Waals surface area contributed by atoms with Gasteiger partial charge in [-0.05, 0) is 6.07 Å². The number of rotatable bonds is 3. The quantitative estimate of drug-likeness (QED) is 0.730. The monoisotopic (exact) mass is 192 g/mol. The average Bonchev–Trinajstić information content (AvgIpc) is 2.17. The second-order valence-electron chi connectivity index (χ2n) is 2.79. The highest BCUT2D eigenvalue weighted by Gasteiger charge is 2.15. The smallest absolute Gasteiger partial charge is 0.219 e. The van der Waals surface area contributed by atoms with Crippen molar-refractivity contribution in [1.82, 2.24) is 4.98 Å². The first-order chi connectivity index (χ1) is 6.70. The molecule has 0 spiro atoms. The molecule has 0 radical (unpaired) electrons. The Hall–Kier alpha value is -1.80. The largest absolute Gasteiger partial charge is 0.481 e. The van der Waals surface area contributed by atoms with Crippen molar-refractivity contribution in [2.45, 2.75) is 12.5 Å². The zero-order chi connectivity index (χ0) is 10.6. The van der Waals surface area contributed by atoms with Gasteiger partial charge in [-0.25, -0.2) is 4.98 Å². The van der Waals surface area contributed by atoms with Gasteiger partial charge in [-0.15, -0.1) is 0 Å². The number of hydrogen-bond donors (Lipinski definition) is 2. The predicted octanol–water partition coefficient (Wildman–Crippen LogP) is 0.586. The van der Waals surface area contributed by atoms with Crippen LogP contribution in [0.25, 0.3) is 0 Å². The molecular weight excluding hydrogens is 180 g/mol. The lowest BCUT2D eigenvalue weighted by Crippen LogP contribution is -2.13. The minimum absolute atomic E-state index is 0.187. The van der Waals surface area contributed by atoms with E-state index in [1.54, 1.807) is 6.07 Å². The van der Waals surface area contributed by atoms with Crippen molar-refractivity contribution < 1.29 is 4.74 Å². The molecule has 1 aromatic rings. The maximum atomic E-state index is 8.52. The van der Waals surface area contributed by atoms with E-state index >= 15 is 0 Å². The fraction of sp³-hybridized carbons (Fsp3) is 0.333. The van der Waals surface area contributed by atoms with E-state index in [1.807, 2.05) is 6.07 Å². The van der Waals surface area contributed by atoms with Crippen LogP contribution in [0.2, 0.25) is 0 Å². The van der Waals surface area contributed by atoms with Gasteiger partial charge >= 0.3 is 0 Å². The van der Waals surface area contributed by atoms with Gasteiger partial charge in [-0.1, -0.05) is 0 Å². The van der Waals surface area contributed by atoms with Crippen molar-refractivity contribution in [2.75, 3.05) is 12.8 Å². The molecule has 0 aliphatic rings. The van der Waals surface area contributed by atoms with Crippen LogP contribution in [0, 0.1) is 11.3 Å². The molecule has 0 aliphatic heterocycles. The van der Waals surface area contributed by atoms with Gasteiger partial charge in [0.1, 0.15) is 0 Å². The van der Waals surface area contributed by atoms with Crippen LogP contribution < -0.4 is 16.2 Å². The highest BCUT2D eigenvalue weighted by Crippen LogP contribution is 2.28. The summed E-state index contributed by atoms with van der Waals surface area (Å²) in [5, 5.41) is 8.52. The second-order valence-corrected chi connectivity index (χ2v) is 2.79. The number of pyridine rings is 1. The molecule has 5 nitrogen and oxygen atoms in total. The molecule has 4 N–H and O–H groups in total. The van der Waals surface area contributed by atoms with E-state index in [0.717, 1.165) is 0 Å². The lowest BCUT2D eigenvalue weighted by atomic mass is 10.1. The van der Waals surface area contributed by atoms with E-state index in [-0.39, 0.29) is 6.42 Å². The Labute approximate surface area is 82.3 Å². The molecule has 0 saturated heterocycles. The molecule has 0 bridgehead atoms. The number of aromatic nitrogens is 1. The summed E-state index contributed by atoms with van der Waals surface area (Å²) in [6, 6.07) is 3.16. The van der Waals surface area contributed by atoms with Crippen molar-refractivity contribution >= 4 is 5.69 Å². The Morgan fingerprint density at radius 3 is 3.00 bits per heavy atom. The Morgan fingerprint density at radius 1 is 1.71 bits per heavy atom. The SMILES string of the molecule is COc1nccc(N)c1[C@@H](N)CC#N. The average molecular weight is 192 g/mol. The van der Waals surface area contributed by atoms with Gasteiger partial charge in [0.05, 0.1) is 31.2 Å². The van der Waals surface area contributed by atoms with E-state index in [9.17, 15) is 0 Å². The second kappa shape index (κ2) is 4.44. The van der Waals surface area contributed by atoms with Crippen LogP contribution in [0.3, 0.4) is 0 Å². The van der Waals surface area contributed by atoms with Crippen molar-refractivity contribution in [3.63, 3.8) is 0 Å². The molecule has 0 aliphatic carbocycles. The van der Waals surface area contributed by atoms with Gasteiger partial charge < -0.3 is 16.2 Å². The molecule has 0 unspecified atom stereocenters. The Morgan fingerprint density at radius 2 is 2.43 bits per heavy atom. The van der Waals surface area contributed by atoms with Crippen LogP contribution >= 0.6 is 0 Å². The van der Waals surface area contributed by atoms with Crippen molar-refractivity contribution in [1.29, 1.82) is 5.26 Å². The van der Waals surface area contributed by atoms with Crippen molar-refractivity contribution in [3.05, 3.63) is 17.8 Å². The van der Waals surface area contributed by atoms with Crippen LogP contribution in [-0.4, -0.2) is 12.1 Å². The third kappa shape index (κ3) is 1.92. The lowest BCUT2D eigenvalue weighted by molar-refractivity contribution is 0.389. The molecule has 0 aromatic carbocycles. The molecule has 1 aromatic heterocycles. The minimum atomic E-state index is -0.455. The van der Waals surface area contributed by atoms with Gasteiger partial charge in [0.25, 0.3) is 0 Å². The predicted molar refractivity (Wildman–Crippen MR) is 52.4 cm³/mol. The standard InChI is InChI=1S/C9H12N4O/c1-14-9-8(6(11)2-4-10)7(12)3-5-13-9/h3,5-6H,2,11H2,1H3,(H2,12,13)/t6-/m0/s1. The van der Waals surface area contributed by atoms with Crippen LogP contribution in [0.4, 0.5) is 5.69 Å². The molecule has 0 amide bonds. The van der Waals surface area contributed by atoms with E-state index in [1.165, 1.54) is 13.3 Å². The number of anilines is 1. The number of nitrogen functional groups attached to an aromatic ring is 1. The highest BCUT2D eigenvalue weighted by molar-refractivity contribution is 5.52. The van der Waals surface area contributed by atoms with Crippen LogP contribution in [0.5, 0.6) is 5.88 Å². The molecule has 14 heavy (non-hydrogen) atoms. The Balaban J connectivity index is 3.11. The number of methoxy groups -OCH3 is 1. The van der Waals surface area contributed by atoms with E-state index in [0.29, 0.717) is 17.1 Å². The molecular formula is C9H12N4O. The summed E-state index contributed by atoms with van der Waals surface area (Å²) in [6.45, 7) is 0. The van der Waals surface area contributed by atoms with E-state index < -0.39 is 6.04 Å². The fourth-order valence-electron chi connectivity index (χ4n) is 1.20. The zero-order valence-electron chi connectivity index (χ0n) is 7.90. The molecule has 1 rings (SSSR count). The number of nitriles is 1. The molecule has 0 fully saturated rings. The topological polar surface area (TPSA) is 97.9 Å². The lowest BCUT2D eigenvalue weighted by Gasteiger charge is -2.13. The number of ether oxygens (including phenoxy) is 1. The van der Waals surface area contributed by atoms with Crippen molar-refractivity contribution in [3.8, 4) is 11.9 Å². The van der Waals surface area contributed by atoms with E-state index in [2.05, 4.69) is 4.98 Å². The Bertz CT molecular complexity index is 358. The summed E-state index contributed by atoms with van der Waals surface area (Å²) in [5.74, 6) is 0.382. The number of hydrogen-bond acceptors (Lipinski definition) is 5. The van der Waals surface area contributed by atoms with Crippen LogP contribution in [0.15, 0.2) is 12.3 Å². The van der Waals surface area contributed by atoms with Crippen LogP contribution in [0.1, 0.15) is 18.0 Å². The van der Waals surface area contributed by atoms with Gasteiger partial charge in [-0.3, -0.25) is 0 Å². The summed E-state index contributed by atoms with van der Waals surface area (Å²) in [7, 11) is 1.49. The third-order valence-corrected chi connectivity index (χ3v) is 1.86. The van der Waals surface area contributed by atoms with Gasteiger partial charge in [-0.2, -0.15) is 5.26 Å². The first-order valence-corrected chi connectivity index (χ1v) is 4.11. The first-order valence-electron chi connectivity index (χ1n) is 4.11. The van der Waals surface area contributed by atoms with Gasteiger partial charge in [0, 0.05) is 11.9 Å². The summed E-state index contributed by atoms with van der Waals surface area (Å²) >= 11 is 0.